The molecule has 1 aromatic rings. The number of nitrogens with one attached hydrogen (secondary N) is 2. The molecule has 0 saturated carbocycles. The second-order valence-corrected chi connectivity index (χ2v) is 6.20. The van der Waals surface area contributed by atoms with E-state index in [0.717, 1.165) is 24.5 Å². The molecule has 2 aliphatic rings. The Morgan fingerprint density at radius 3 is 2.55 bits per heavy atom. The van der Waals surface area contributed by atoms with Crippen LogP contribution < -0.4 is 19.7 Å². The van der Waals surface area contributed by atoms with Gasteiger partial charge in [0.05, 0.1) is 13.1 Å². The predicted molar refractivity (Wildman–Crippen MR) is 84.4 cm³/mol. The number of hydrogen-bond donors (Lipinski definition) is 2. The van der Waals surface area contributed by atoms with Gasteiger partial charge in [0.1, 0.15) is 0 Å². The number of fused-ring (bicyclic) bond motifs is 1. The van der Waals surface area contributed by atoms with Crippen molar-refractivity contribution in [2.75, 3.05) is 25.2 Å². The summed E-state index contributed by atoms with van der Waals surface area (Å²) in [5, 5.41) is 3.01. The molecule has 3 rings (SSSR count). The molecule has 22 heavy (non-hydrogen) atoms. The lowest BCUT2D eigenvalue weighted by molar-refractivity contribution is -0.914. The molecule has 1 aromatic carbocycles. The van der Waals surface area contributed by atoms with Gasteiger partial charge in [0.2, 0.25) is 6.79 Å². The highest BCUT2D eigenvalue weighted by atomic mass is 16.7. The second-order valence-electron chi connectivity index (χ2n) is 6.20. The number of likely N-dealkylation sites (tertiary alicyclic amines) is 1. The van der Waals surface area contributed by atoms with Gasteiger partial charge in [-0.3, -0.25) is 4.79 Å². The van der Waals surface area contributed by atoms with Gasteiger partial charge in [-0.1, -0.05) is 6.42 Å². The molecule has 5 nitrogen and oxygen atoms in total. The van der Waals surface area contributed by atoms with Crippen LogP contribution in [-0.4, -0.2) is 31.8 Å². The van der Waals surface area contributed by atoms with Gasteiger partial charge in [0.25, 0.3) is 5.91 Å². The standard InChI is InChI=1S/C17H24N2O3/c1-13(19-9-5-3-2-4-6-10-19)17(20)18-14-7-8-15-16(11-14)22-12-21-15/h7-8,11,13H,2-6,9-10,12H2,1H3,(H,18,20)/p+1/t13-/m0/s1. The number of ether oxygens (including phenoxy) is 2. The minimum absolute atomic E-state index is 0.0245. The van der Waals surface area contributed by atoms with E-state index in [9.17, 15) is 4.79 Å². The van der Waals surface area contributed by atoms with Crippen LogP contribution in [0.25, 0.3) is 0 Å². The summed E-state index contributed by atoms with van der Waals surface area (Å²) in [5.74, 6) is 1.51. The third-order valence-corrected chi connectivity index (χ3v) is 4.64. The number of carbonyl (C=O) groups excluding carboxylic acids is 1. The smallest absolute Gasteiger partial charge is 0.282 e. The van der Waals surface area contributed by atoms with E-state index in [1.165, 1.54) is 37.0 Å². The Morgan fingerprint density at radius 2 is 1.77 bits per heavy atom. The summed E-state index contributed by atoms with van der Waals surface area (Å²) in [4.78, 5) is 13.9. The van der Waals surface area contributed by atoms with E-state index in [1.54, 1.807) is 0 Å². The van der Waals surface area contributed by atoms with Crippen LogP contribution in [0.5, 0.6) is 11.5 Å². The molecule has 2 aliphatic heterocycles. The first-order valence-electron chi connectivity index (χ1n) is 8.29. The van der Waals surface area contributed by atoms with Crippen LogP contribution >= 0.6 is 0 Å². The van der Waals surface area contributed by atoms with E-state index < -0.39 is 0 Å². The maximum atomic E-state index is 12.5. The Bertz CT molecular complexity index is 525. The van der Waals surface area contributed by atoms with Crippen LogP contribution in [0, 0.1) is 0 Å². The van der Waals surface area contributed by atoms with E-state index in [1.807, 2.05) is 25.1 Å². The van der Waals surface area contributed by atoms with Gasteiger partial charge in [0, 0.05) is 11.8 Å². The SMILES string of the molecule is C[C@@H](C(=O)Nc1ccc2c(c1)OCO2)[NH+]1CCCCCCC1. The fourth-order valence-corrected chi connectivity index (χ4v) is 3.20. The number of carbonyl (C=O) groups is 1. The molecular formula is C17H25N2O3+. The van der Waals surface area contributed by atoms with Gasteiger partial charge in [-0.25, -0.2) is 0 Å². The zero-order chi connectivity index (χ0) is 15.4. The number of rotatable bonds is 3. The maximum absolute atomic E-state index is 12.5. The van der Waals surface area contributed by atoms with Crippen LogP contribution in [0.1, 0.15) is 39.0 Å². The van der Waals surface area contributed by atoms with Crippen molar-refractivity contribution in [3.63, 3.8) is 0 Å². The predicted octanol–water partition coefficient (Wildman–Crippen LogP) is 1.59. The topological polar surface area (TPSA) is 52.0 Å². The molecule has 0 aromatic heterocycles. The number of benzene rings is 1. The minimum atomic E-state index is -0.0245. The molecule has 0 bridgehead atoms. The van der Waals surface area contributed by atoms with Crippen LogP contribution in [0.3, 0.4) is 0 Å². The third kappa shape index (κ3) is 3.53. The maximum Gasteiger partial charge on any atom is 0.282 e. The molecule has 1 fully saturated rings. The Labute approximate surface area is 131 Å². The highest BCUT2D eigenvalue weighted by Gasteiger charge is 2.25. The van der Waals surface area contributed by atoms with Crippen molar-refractivity contribution in [2.45, 2.75) is 45.1 Å². The average molecular weight is 305 g/mol. The van der Waals surface area contributed by atoms with Crippen molar-refractivity contribution < 1.29 is 19.2 Å². The lowest BCUT2D eigenvalue weighted by Gasteiger charge is -2.26. The molecule has 1 amide bonds. The van der Waals surface area contributed by atoms with Crippen molar-refractivity contribution in [2.24, 2.45) is 0 Å². The van der Waals surface area contributed by atoms with Gasteiger partial charge < -0.3 is 19.7 Å². The summed E-state index contributed by atoms with van der Waals surface area (Å²) in [6.45, 7) is 4.46. The van der Waals surface area contributed by atoms with E-state index >= 15 is 0 Å². The first-order valence-corrected chi connectivity index (χ1v) is 8.29. The lowest BCUT2D eigenvalue weighted by Crippen LogP contribution is -3.16. The van der Waals surface area contributed by atoms with Crippen molar-refractivity contribution in [1.29, 1.82) is 0 Å². The van der Waals surface area contributed by atoms with Gasteiger partial charge in [0.15, 0.2) is 17.5 Å². The lowest BCUT2D eigenvalue weighted by atomic mass is 10.1. The Balaban J connectivity index is 1.60. The van der Waals surface area contributed by atoms with Crippen molar-refractivity contribution in [1.82, 2.24) is 0 Å². The van der Waals surface area contributed by atoms with Crippen LogP contribution in [0.4, 0.5) is 5.69 Å². The van der Waals surface area contributed by atoms with Crippen LogP contribution in [0.2, 0.25) is 0 Å². The molecule has 0 spiro atoms. The van der Waals surface area contributed by atoms with E-state index in [-0.39, 0.29) is 18.7 Å². The molecule has 2 heterocycles. The quantitative estimate of drug-likeness (QED) is 0.892. The fourth-order valence-electron chi connectivity index (χ4n) is 3.20. The van der Waals surface area contributed by atoms with Crippen LogP contribution in [-0.2, 0) is 4.79 Å². The molecule has 1 atom stereocenters. The van der Waals surface area contributed by atoms with Crippen molar-refractivity contribution >= 4 is 11.6 Å². The van der Waals surface area contributed by atoms with E-state index in [2.05, 4.69) is 5.32 Å². The van der Waals surface area contributed by atoms with Crippen molar-refractivity contribution in [3.05, 3.63) is 18.2 Å². The normalized spacial score (nSPS) is 20.0. The Kier molecular flexibility index (Phi) is 4.83. The third-order valence-electron chi connectivity index (χ3n) is 4.64. The Hall–Kier alpha value is -1.75. The van der Waals surface area contributed by atoms with Crippen molar-refractivity contribution in [3.8, 4) is 11.5 Å². The summed E-state index contributed by atoms with van der Waals surface area (Å²) in [7, 11) is 0. The number of anilines is 1. The molecule has 120 valence electrons. The first kappa shape index (κ1) is 15.2. The van der Waals surface area contributed by atoms with Gasteiger partial charge >= 0.3 is 0 Å². The minimum Gasteiger partial charge on any atom is -0.454 e. The summed E-state index contributed by atoms with van der Waals surface area (Å²) in [6.07, 6.45) is 6.36. The first-order chi connectivity index (χ1) is 10.7. The van der Waals surface area contributed by atoms with E-state index in [4.69, 9.17) is 9.47 Å². The number of quaternary nitrogens is 1. The van der Waals surface area contributed by atoms with Crippen LogP contribution in [0.15, 0.2) is 18.2 Å². The largest absolute Gasteiger partial charge is 0.454 e. The summed E-state index contributed by atoms with van der Waals surface area (Å²) >= 11 is 0. The molecule has 2 N–H and O–H groups in total. The summed E-state index contributed by atoms with van der Waals surface area (Å²) < 4.78 is 10.6. The zero-order valence-corrected chi connectivity index (χ0v) is 13.2. The van der Waals surface area contributed by atoms with Gasteiger partial charge in [-0.05, 0) is 44.7 Å². The monoisotopic (exact) mass is 305 g/mol. The van der Waals surface area contributed by atoms with Gasteiger partial charge in [-0.15, -0.1) is 0 Å². The number of hydrogen-bond acceptors (Lipinski definition) is 3. The fraction of sp³-hybridized carbons (Fsp3) is 0.588. The highest BCUT2D eigenvalue weighted by Crippen LogP contribution is 2.34. The summed E-state index contributed by atoms with van der Waals surface area (Å²) in [6, 6.07) is 5.51. The molecule has 1 saturated heterocycles. The molecule has 5 heteroatoms. The summed E-state index contributed by atoms with van der Waals surface area (Å²) in [5.41, 5.74) is 0.771. The van der Waals surface area contributed by atoms with E-state index in [0.29, 0.717) is 5.75 Å². The molecule has 0 unspecified atom stereocenters. The number of amides is 1. The Morgan fingerprint density at radius 1 is 1.09 bits per heavy atom. The zero-order valence-electron chi connectivity index (χ0n) is 13.2. The molecule has 0 radical (unpaired) electrons. The second kappa shape index (κ2) is 7.01. The molecular weight excluding hydrogens is 280 g/mol. The average Bonchev–Trinajstić information content (AvgIpc) is 2.94. The molecule has 0 aliphatic carbocycles. The van der Waals surface area contributed by atoms with Gasteiger partial charge in [-0.2, -0.15) is 0 Å². The highest BCUT2D eigenvalue weighted by molar-refractivity contribution is 5.93.